The molecule has 0 aliphatic rings. The molecule has 0 saturated carbocycles. The minimum atomic E-state index is -0.933. The fourth-order valence-electron chi connectivity index (χ4n) is 1.49. The molecular weight excluding hydrogens is 192 g/mol. The monoisotopic (exact) mass is 218 g/mol. The standard InChI is InChI=1S/C10H26OSi2/c1-8(2)12(7)11-13(9(3)4)10(5)6/h8-10,12-13H,1-7H3. The second-order valence-corrected chi connectivity index (χ2v) is 12.5. The van der Waals surface area contributed by atoms with Crippen molar-refractivity contribution in [2.24, 2.45) is 0 Å². The number of rotatable bonds is 5. The van der Waals surface area contributed by atoms with E-state index in [1.807, 2.05) is 0 Å². The van der Waals surface area contributed by atoms with Crippen molar-refractivity contribution in [3.8, 4) is 0 Å². The van der Waals surface area contributed by atoms with Gasteiger partial charge in [-0.15, -0.1) is 0 Å². The van der Waals surface area contributed by atoms with E-state index in [9.17, 15) is 0 Å². The Morgan fingerprint density at radius 3 is 1.38 bits per heavy atom. The topological polar surface area (TPSA) is 9.23 Å². The average Bonchev–Trinajstić information content (AvgIpc) is 1.97. The molecule has 0 radical (unpaired) electrons. The Morgan fingerprint density at radius 2 is 1.15 bits per heavy atom. The molecule has 0 aliphatic heterocycles. The van der Waals surface area contributed by atoms with Gasteiger partial charge in [0.2, 0.25) is 0 Å². The Balaban J connectivity index is 4.10. The largest absolute Gasteiger partial charge is 0.459 e. The Hall–Kier alpha value is 0.394. The lowest BCUT2D eigenvalue weighted by molar-refractivity contribution is 0.538. The maximum Gasteiger partial charge on any atom is 0.168 e. The van der Waals surface area contributed by atoms with Crippen LogP contribution in [0.2, 0.25) is 23.2 Å². The molecule has 0 aromatic heterocycles. The highest BCUT2D eigenvalue weighted by Gasteiger charge is 2.24. The fraction of sp³-hybridized carbons (Fsp3) is 1.00. The summed E-state index contributed by atoms with van der Waals surface area (Å²) >= 11 is 0. The molecule has 0 aliphatic carbocycles. The van der Waals surface area contributed by atoms with Crippen LogP contribution in [0.25, 0.3) is 0 Å². The van der Waals surface area contributed by atoms with Crippen molar-refractivity contribution in [3.05, 3.63) is 0 Å². The molecule has 0 bridgehead atoms. The summed E-state index contributed by atoms with van der Waals surface area (Å²) in [4.78, 5) is 0. The zero-order valence-electron chi connectivity index (χ0n) is 10.3. The van der Waals surface area contributed by atoms with Crippen molar-refractivity contribution >= 4 is 18.1 Å². The first-order chi connectivity index (χ1) is 5.86. The molecule has 0 aromatic carbocycles. The number of hydrogen-bond donors (Lipinski definition) is 0. The molecule has 1 nitrogen and oxygen atoms in total. The van der Waals surface area contributed by atoms with Crippen molar-refractivity contribution in [3.63, 3.8) is 0 Å². The van der Waals surface area contributed by atoms with E-state index in [1.54, 1.807) is 0 Å². The SMILES string of the molecule is CC(C)[SiH](C)O[SiH](C(C)C)C(C)C. The van der Waals surface area contributed by atoms with Crippen molar-refractivity contribution in [1.29, 1.82) is 0 Å². The van der Waals surface area contributed by atoms with E-state index in [1.165, 1.54) is 0 Å². The molecule has 1 atom stereocenters. The van der Waals surface area contributed by atoms with E-state index >= 15 is 0 Å². The van der Waals surface area contributed by atoms with Gasteiger partial charge in [0.25, 0.3) is 0 Å². The van der Waals surface area contributed by atoms with Gasteiger partial charge in [0.05, 0.1) is 0 Å². The highest BCUT2D eigenvalue weighted by molar-refractivity contribution is 6.67. The van der Waals surface area contributed by atoms with Gasteiger partial charge in [0, 0.05) is 0 Å². The molecule has 0 saturated heterocycles. The summed E-state index contributed by atoms with van der Waals surface area (Å²) in [6, 6.07) is 0. The van der Waals surface area contributed by atoms with Gasteiger partial charge in [-0.05, 0) is 23.2 Å². The van der Waals surface area contributed by atoms with Gasteiger partial charge in [-0.3, -0.25) is 0 Å². The second-order valence-electron chi connectivity index (χ2n) is 5.04. The minimum Gasteiger partial charge on any atom is -0.459 e. The zero-order chi connectivity index (χ0) is 10.6. The lowest BCUT2D eigenvalue weighted by Crippen LogP contribution is -2.33. The Morgan fingerprint density at radius 1 is 0.769 bits per heavy atom. The van der Waals surface area contributed by atoms with Crippen LogP contribution < -0.4 is 0 Å². The predicted octanol–water partition coefficient (Wildman–Crippen LogP) is 3.31. The Kier molecular flexibility index (Phi) is 6.17. The summed E-state index contributed by atoms with van der Waals surface area (Å²) in [7, 11) is -1.82. The third-order valence-corrected chi connectivity index (χ3v) is 10.1. The summed E-state index contributed by atoms with van der Waals surface area (Å²) in [6.07, 6.45) is 0. The van der Waals surface area contributed by atoms with Gasteiger partial charge in [-0.1, -0.05) is 41.5 Å². The van der Waals surface area contributed by atoms with Crippen molar-refractivity contribution in [1.82, 2.24) is 0 Å². The van der Waals surface area contributed by atoms with E-state index in [-0.39, 0.29) is 0 Å². The minimum absolute atomic E-state index is 0.785. The van der Waals surface area contributed by atoms with Crippen molar-refractivity contribution in [2.45, 2.75) is 64.7 Å². The van der Waals surface area contributed by atoms with E-state index in [2.05, 4.69) is 48.1 Å². The van der Waals surface area contributed by atoms with Crippen LogP contribution in [0.1, 0.15) is 41.5 Å². The first-order valence-corrected chi connectivity index (χ1v) is 9.61. The maximum absolute atomic E-state index is 6.31. The zero-order valence-corrected chi connectivity index (χ0v) is 12.6. The van der Waals surface area contributed by atoms with Gasteiger partial charge >= 0.3 is 0 Å². The smallest absolute Gasteiger partial charge is 0.168 e. The van der Waals surface area contributed by atoms with Crippen LogP contribution in [0.15, 0.2) is 0 Å². The molecule has 3 heteroatoms. The fourth-order valence-corrected chi connectivity index (χ4v) is 8.78. The van der Waals surface area contributed by atoms with Crippen LogP contribution in [0.4, 0.5) is 0 Å². The molecule has 0 heterocycles. The molecule has 0 N–H and O–H groups in total. The molecule has 1 unspecified atom stereocenters. The molecule has 13 heavy (non-hydrogen) atoms. The highest BCUT2D eigenvalue weighted by Crippen LogP contribution is 2.23. The van der Waals surface area contributed by atoms with Crippen molar-refractivity contribution < 1.29 is 4.12 Å². The van der Waals surface area contributed by atoms with Crippen molar-refractivity contribution in [2.75, 3.05) is 0 Å². The summed E-state index contributed by atoms with van der Waals surface area (Å²) in [6.45, 7) is 16.2. The third kappa shape index (κ3) is 4.98. The van der Waals surface area contributed by atoms with E-state index < -0.39 is 18.1 Å². The van der Waals surface area contributed by atoms with Crippen LogP contribution >= 0.6 is 0 Å². The van der Waals surface area contributed by atoms with Gasteiger partial charge in [0.15, 0.2) is 18.1 Å². The van der Waals surface area contributed by atoms with Crippen LogP contribution in [0.5, 0.6) is 0 Å². The molecule has 0 aromatic rings. The predicted molar refractivity (Wildman–Crippen MR) is 66.5 cm³/mol. The van der Waals surface area contributed by atoms with E-state index in [4.69, 9.17) is 4.12 Å². The van der Waals surface area contributed by atoms with Gasteiger partial charge < -0.3 is 4.12 Å². The highest BCUT2D eigenvalue weighted by atomic mass is 28.4. The van der Waals surface area contributed by atoms with Gasteiger partial charge in [0.1, 0.15) is 0 Å². The lowest BCUT2D eigenvalue weighted by atomic mass is 10.5. The van der Waals surface area contributed by atoms with Crippen LogP contribution in [0, 0.1) is 0 Å². The Labute approximate surface area is 87.3 Å². The third-order valence-electron chi connectivity index (χ3n) is 2.62. The van der Waals surface area contributed by atoms with E-state index in [0.29, 0.717) is 0 Å². The lowest BCUT2D eigenvalue weighted by Gasteiger charge is -2.28. The summed E-state index contributed by atoms with van der Waals surface area (Å²) in [5, 5.41) is 0. The summed E-state index contributed by atoms with van der Waals surface area (Å²) < 4.78 is 6.31. The average molecular weight is 218 g/mol. The quantitative estimate of drug-likeness (QED) is 0.643. The number of hydrogen-bond acceptors (Lipinski definition) is 1. The van der Waals surface area contributed by atoms with Crippen LogP contribution in [0.3, 0.4) is 0 Å². The molecule has 0 amide bonds. The van der Waals surface area contributed by atoms with Gasteiger partial charge in [-0.25, -0.2) is 0 Å². The molecule has 0 fully saturated rings. The maximum atomic E-state index is 6.31. The van der Waals surface area contributed by atoms with E-state index in [0.717, 1.165) is 16.6 Å². The van der Waals surface area contributed by atoms with Gasteiger partial charge in [-0.2, -0.15) is 0 Å². The first-order valence-electron chi connectivity index (χ1n) is 5.51. The summed E-state index contributed by atoms with van der Waals surface area (Å²) in [5.74, 6) is 0. The van der Waals surface area contributed by atoms with Crippen LogP contribution in [-0.4, -0.2) is 18.1 Å². The second kappa shape index (κ2) is 5.99. The molecule has 80 valence electrons. The molecule has 0 spiro atoms. The first kappa shape index (κ1) is 13.4. The normalized spacial score (nSPS) is 15.0. The molecular formula is C10H26OSi2. The molecule has 0 rings (SSSR count). The Bertz CT molecular complexity index is 127. The van der Waals surface area contributed by atoms with Crippen LogP contribution in [-0.2, 0) is 4.12 Å². The summed E-state index contributed by atoms with van der Waals surface area (Å²) in [5.41, 5.74) is 2.36.